The SMILES string of the molecule is Cc1cc(NC(=O)c2cc3ccccc3c(N=Nc3ccc(Cl)cc3Cl)c2O)c(C)cc1NC(=O)c1cc2ccccc2c(N=Nc2ccc(Cl)cc2Cl)c1O. The Kier molecular flexibility index (Phi) is 10.9. The molecule has 0 spiro atoms. The largest absolute Gasteiger partial charge is 0.505 e. The van der Waals surface area contributed by atoms with Crippen LogP contribution in [0.15, 0.2) is 130 Å². The third-order valence-corrected chi connectivity index (χ3v) is 9.96. The van der Waals surface area contributed by atoms with E-state index in [1.165, 1.54) is 12.1 Å². The van der Waals surface area contributed by atoms with Crippen molar-refractivity contribution in [2.75, 3.05) is 10.6 Å². The van der Waals surface area contributed by atoms with Gasteiger partial charge in [-0.25, -0.2) is 0 Å². The van der Waals surface area contributed by atoms with Gasteiger partial charge in [-0.3, -0.25) is 9.59 Å². The lowest BCUT2D eigenvalue weighted by molar-refractivity contribution is 0.101. The number of rotatable bonds is 8. The van der Waals surface area contributed by atoms with Gasteiger partial charge in [-0.1, -0.05) is 94.9 Å². The molecule has 4 N–H and O–H groups in total. The summed E-state index contributed by atoms with van der Waals surface area (Å²) in [5.74, 6) is -1.95. The van der Waals surface area contributed by atoms with Crippen LogP contribution in [0.3, 0.4) is 0 Å². The summed E-state index contributed by atoms with van der Waals surface area (Å²) in [6.45, 7) is 3.52. The highest BCUT2D eigenvalue weighted by atomic mass is 35.5. The first-order valence-electron chi connectivity index (χ1n) is 16.8. The molecule has 56 heavy (non-hydrogen) atoms. The fraction of sp³-hybridized carbons (Fsp3) is 0.0476. The number of hydrogen-bond acceptors (Lipinski definition) is 8. The van der Waals surface area contributed by atoms with Gasteiger partial charge in [0, 0.05) is 32.2 Å². The van der Waals surface area contributed by atoms with Crippen LogP contribution in [0, 0.1) is 13.8 Å². The molecule has 7 aromatic carbocycles. The molecule has 10 nitrogen and oxygen atoms in total. The molecule has 278 valence electrons. The molecule has 0 radical (unpaired) electrons. The van der Waals surface area contributed by atoms with Crippen molar-refractivity contribution >= 4 is 114 Å². The minimum atomic E-state index is -0.601. The molecule has 7 aromatic rings. The van der Waals surface area contributed by atoms with Gasteiger partial charge in [-0.15, -0.1) is 20.5 Å². The zero-order chi connectivity index (χ0) is 39.7. The third kappa shape index (κ3) is 7.87. The monoisotopic (exact) mass is 820 g/mol. The number of carbonyl (C=O) groups is 2. The maximum Gasteiger partial charge on any atom is 0.259 e. The van der Waals surface area contributed by atoms with Crippen molar-refractivity contribution in [3.63, 3.8) is 0 Å². The van der Waals surface area contributed by atoms with E-state index in [1.807, 2.05) is 0 Å². The maximum absolute atomic E-state index is 13.8. The number of nitrogens with one attached hydrogen (secondary N) is 2. The molecule has 0 saturated carbocycles. The first-order valence-corrected chi connectivity index (χ1v) is 18.4. The molecule has 0 aromatic heterocycles. The Bertz CT molecular complexity index is 2620. The van der Waals surface area contributed by atoms with E-state index in [1.54, 1.807) is 111 Å². The van der Waals surface area contributed by atoms with Crippen LogP contribution in [0.1, 0.15) is 31.8 Å². The van der Waals surface area contributed by atoms with Crippen molar-refractivity contribution in [3.8, 4) is 11.5 Å². The summed E-state index contributed by atoms with van der Waals surface area (Å²) in [6.07, 6.45) is 0. The van der Waals surface area contributed by atoms with E-state index >= 15 is 0 Å². The number of anilines is 2. The number of amides is 2. The maximum atomic E-state index is 13.8. The lowest BCUT2D eigenvalue weighted by Gasteiger charge is -2.16. The Hall–Kier alpha value is -6.04. The molecule has 2 amide bonds. The molecule has 0 aliphatic rings. The normalized spacial score (nSPS) is 11.5. The van der Waals surface area contributed by atoms with Crippen LogP contribution >= 0.6 is 46.4 Å². The zero-order valence-electron chi connectivity index (χ0n) is 29.4. The minimum absolute atomic E-state index is 0.0349. The van der Waals surface area contributed by atoms with E-state index in [2.05, 4.69) is 31.1 Å². The standard InChI is InChI=1S/C42H28Cl4N6O4/c1-21-15-36(48-42(56)30-18-24-8-4-6-10-28(24)38(40(30)54)52-50-34-14-12-26(44)20-32(34)46)22(2)16-35(21)47-41(55)29-17-23-7-3-5-9-27(23)37(39(29)53)51-49-33-13-11-25(43)19-31(33)45/h3-20,53-54H,1-2H3,(H,47,55)(H,48,56). The van der Waals surface area contributed by atoms with E-state index in [0.29, 0.717) is 65.5 Å². The van der Waals surface area contributed by atoms with Crippen LogP contribution in [-0.4, -0.2) is 22.0 Å². The summed E-state index contributed by atoms with van der Waals surface area (Å²) in [7, 11) is 0. The first-order chi connectivity index (χ1) is 26.9. The molecule has 0 aliphatic heterocycles. The molecular formula is C42H28Cl4N6O4. The number of fused-ring (bicyclic) bond motifs is 2. The summed E-state index contributed by atoms with van der Waals surface area (Å²) in [5, 5.41) is 49.3. The summed E-state index contributed by atoms with van der Waals surface area (Å²) in [6, 6.07) is 30.3. The molecule has 14 heteroatoms. The average Bonchev–Trinajstić information content (AvgIpc) is 3.16. The third-order valence-electron chi connectivity index (χ3n) is 8.88. The topological polar surface area (TPSA) is 148 Å². The van der Waals surface area contributed by atoms with Crippen LogP contribution in [0.5, 0.6) is 11.5 Å². The minimum Gasteiger partial charge on any atom is -0.505 e. The van der Waals surface area contributed by atoms with E-state index in [9.17, 15) is 19.8 Å². The average molecular weight is 823 g/mol. The number of aryl methyl sites for hydroxylation is 2. The number of phenols is 2. The van der Waals surface area contributed by atoms with Crippen molar-refractivity contribution in [3.05, 3.63) is 152 Å². The number of phenolic OH excluding ortho intramolecular Hbond substituents is 2. The van der Waals surface area contributed by atoms with Gasteiger partial charge in [0.15, 0.2) is 11.5 Å². The summed E-state index contributed by atoms with van der Waals surface area (Å²) in [4.78, 5) is 27.5. The fourth-order valence-electron chi connectivity index (χ4n) is 5.98. The van der Waals surface area contributed by atoms with Gasteiger partial charge in [0.25, 0.3) is 11.8 Å². The van der Waals surface area contributed by atoms with Gasteiger partial charge in [0.1, 0.15) is 22.7 Å². The first kappa shape index (κ1) is 38.2. The highest BCUT2D eigenvalue weighted by Gasteiger charge is 2.22. The van der Waals surface area contributed by atoms with E-state index in [-0.39, 0.29) is 44.0 Å². The summed E-state index contributed by atoms with van der Waals surface area (Å²) >= 11 is 24.6. The fourth-order valence-corrected chi connectivity index (χ4v) is 6.87. The van der Waals surface area contributed by atoms with Gasteiger partial charge in [0.2, 0.25) is 0 Å². The molecule has 0 saturated heterocycles. The Morgan fingerprint density at radius 1 is 0.518 bits per heavy atom. The Labute approximate surface area is 340 Å². The summed E-state index contributed by atoms with van der Waals surface area (Å²) < 4.78 is 0. The second-order valence-electron chi connectivity index (χ2n) is 12.7. The number of aromatic hydroxyl groups is 2. The van der Waals surface area contributed by atoms with E-state index < -0.39 is 11.8 Å². The zero-order valence-corrected chi connectivity index (χ0v) is 32.4. The highest BCUT2D eigenvalue weighted by molar-refractivity contribution is 6.36. The Morgan fingerprint density at radius 2 is 0.911 bits per heavy atom. The lowest BCUT2D eigenvalue weighted by atomic mass is 10.0. The molecule has 0 unspecified atom stereocenters. The van der Waals surface area contributed by atoms with Crippen LogP contribution in [0.2, 0.25) is 20.1 Å². The van der Waals surface area contributed by atoms with Crippen LogP contribution in [0.25, 0.3) is 21.5 Å². The number of hydrogen-bond donors (Lipinski definition) is 4. The van der Waals surface area contributed by atoms with Crippen LogP contribution in [0.4, 0.5) is 34.1 Å². The van der Waals surface area contributed by atoms with Crippen LogP contribution < -0.4 is 10.6 Å². The second kappa shape index (κ2) is 16.0. The summed E-state index contributed by atoms with van der Waals surface area (Å²) in [5.41, 5.74) is 2.84. The van der Waals surface area contributed by atoms with E-state index in [4.69, 9.17) is 46.4 Å². The smallest absolute Gasteiger partial charge is 0.259 e. The van der Waals surface area contributed by atoms with Crippen molar-refractivity contribution < 1.29 is 19.8 Å². The predicted molar refractivity (Wildman–Crippen MR) is 224 cm³/mol. The molecule has 0 aliphatic carbocycles. The quantitative estimate of drug-likeness (QED) is 0.113. The number of benzene rings is 7. The van der Waals surface area contributed by atoms with Gasteiger partial charge < -0.3 is 20.8 Å². The van der Waals surface area contributed by atoms with E-state index in [0.717, 1.165) is 0 Å². The van der Waals surface area contributed by atoms with Crippen molar-refractivity contribution in [2.45, 2.75) is 13.8 Å². The molecule has 0 fully saturated rings. The van der Waals surface area contributed by atoms with Crippen molar-refractivity contribution in [2.24, 2.45) is 20.5 Å². The molecule has 7 rings (SSSR count). The van der Waals surface area contributed by atoms with Crippen molar-refractivity contribution in [1.29, 1.82) is 0 Å². The molecular weight excluding hydrogens is 794 g/mol. The highest BCUT2D eigenvalue weighted by Crippen LogP contribution is 2.42. The number of nitrogens with zero attached hydrogens (tertiary/aromatic N) is 4. The second-order valence-corrected chi connectivity index (χ2v) is 14.4. The van der Waals surface area contributed by atoms with Gasteiger partial charge >= 0.3 is 0 Å². The van der Waals surface area contributed by atoms with Gasteiger partial charge in [0.05, 0.1) is 21.2 Å². The van der Waals surface area contributed by atoms with Gasteiger partial charge in [-0.2, -0.15) is 0 Å². The molecule has 0 heterocycles. The molecule has 0 atom stereocenters. The Balaban J connectivity index is 1.16. The predicted octanol–water partition coefficient (Wildman–Crippen LogP) is 14.0. The molecule has 0 bridgehead atoms. The van der Waals surface area contributed by atoms with Gasteiger partial charge in [-0.05, 0) is 96.4 Å². The van der Waals surface area contributed by atoms with Crippen molar-refractivity contribution in [1.82, 2.24) is 0 Å². The Morgan fingerprint density at radius 3 is 1.30 bits per heavy atom. The number of carbonyl (C=O) groups excluding carboxylic acids is 2. The number of azo groups is 2. The number of halogens is 4. The lowest BCUT2D eigenvalue weighted by Crippen LogP contribution is -2.15. The van der Waals surface area contributed by atoms with Crippen LogP contribution in [-0.2, 0) is 0 Å².